The van der Waals surface area contributed by atoms with Crippen molar-refractivity contribution >= 4 is 0 Å². The fourth-order valence-electron chi connectivity index (χ4n) is 2.46. The van der Waals surface area contributed by atoms with Gasteiger partial charge in [-0.05, 0) is 42.6 Å². The van der Waals surface area contributed by atoms with Crippen LogP contribution in [0.2, 0.25) is 0 Å². The topological polar surface area (TPSA) is 17.0 Å². The van der Waals surface area contributed by atoms with Gasteiger partial charge in [-0.25, -0.2) is 0 Å². The fourth-order valence-corrected chi connectivity index (χ4v) is 2.46. The van der Waals surface area contributed by atoms with E-state index in [0.717, 1.165) is 19.4 Å². The lowest BCUT2D eigenvalue weighted by atomic mass is 10.1. The molecular weight excluding hydrogens is 232 g/mol. The Morgan fingerprint density at radius 3 is 2.32 bits per heavy atom. The monoisotopic (exact) mass is 256 g/mol. The average Bonchev–Trinajstić information content (AvgIpc) is 2.89. The van der Waals surface area contributed by atoms with Gasteiger partial charge in [0.25, 0.3) is 0 Å². The van der Waals surface area contributed by atoms with Crippen LogP contribution in [0.4, 0.5) is 0 Å². The van der Waals surface area contributed by atoms with Crippen molar-refractivity contribution in [1.82, 2.24) is 9.88 Å². The third-order valence-corrected chi connectivity index (χ3v) is 3.73. The summed E-state index contributed by atoms with van der Waals surface area (Å²) in [6, 6.07) is 11.6. The maximum atomic E-state index is 3.35. The van der Waals surface area contributed by atoms with E-state index in [1.165, 1.54) is 16.7 Å². The van der Waals surface area contributed by atoms with Gasteiger partial charge in [0.05, 0.1) is 0 Å². The number of nitrogens with one attached hydrogen (secondary N) is 1. The number of benzene rings is 1. The Morgan fingerprint density at radius 2 is 1.74 bits per heavy atom. The Labute approximate surface area is 116 Å². The van der Waals surface area contributed by atoms with Crippen molar-refractivity contribution in [2.24, 2.45) is 0 Å². The predicted molar refractivity (Wildman–Crippen MR) is 81.4 cm³/mol. The van der Waals surface area contributed by atoms with Crippen molar-refractivity contribution in [3.63, 3.8) is 0 Å². The molecule has 0 amide bonds. The van der Waals surface area contributed by atoms with E-state index in [1.807, 2.05) is 7.05 Å². The molecule has 0 bridgehead atoms. The first-order valence-corrected chi connectivity index (χ1v) is 7.17. The Morgan fingerprint density at radius 1 is 1.05 bits per heavy atom. The normalized spacial score (nSPS) is 12.6. The zero-order valence-electron chi connectivity index (χ0n) is 12.2. The molecule has 0 saturated carbocycles. The molecule has 2 rings (SSSR count). The third-order valence-electron chi connectivity index (χ3n) is 3.73. The zero-order chi connectivity index (χ0) is 13.7. The van der Waals surface area contributed by atoms with Crippen LogP contribution in [0.25, 0.3) is 0 Å². The second kappa shape index (κ2) is 6.58. The molecule has 1 atom stereocenters. The Balaban J connectivity index is 2.06. The van der Waals surface area contributed by atoms with E-state index in [9.17, 15) is 0 Å². The molecule has 1 heterocycles. The molecule has 0 radical (unpaired) electrons. The Hall–Kier alpha value is -1.54. The first-order chi connectivity index (χ1) is 9.26. The van der Waals surface area contributed by atoms with E-state index in [-0.39, 0.29) is 0 Å². The maximum Gasteiger partial charge on any atom is 0.0470 e. The molecule has 0 spiro atoms. The van der Waals surface area contributed by atoms with Crippen molar-refractivity contribution in [2.75, 3.05) is 7.05 Å². The minimum absolute atomic E-state index is 0.462. The summed E-state index contributed by atoms with van der Waals surface area (Å²) in [6.07, 6.45) is 6.64. The van der Waals surface area contributed by atoms with Crippen LogP contribution in [-0.4, -0.2) is 11.6 Å². The summed E-state index contributed by atoms with van der Waals surface area (Å²) in [7, 11) is 2.02. The number of aromatic nitrogens is 1. The molecule has 2 heteroatoms. The largest absolute Gasteiger partial charge is 0.350 e. The van der Waals surface area contributed by atoms with Gasteiger partial charge in [0.15, 0.2) is 0 Å². The van der Waals surface area contributed by atoms with Crippen LogP contribution in [0.3, 0.4) is 0 Å². The average molecular weight is 256 g/mol. The van der Waals surface area contributed by atoms with Crippen molar-refractivity contribution in [3.8, 4) is 0 Å². The van der Waals surface area contributed by atoms with Gasteiger partial charge >= 0.3 is 0 Å². The third kappa shape index (κ3) is 3.48. The van der Waals surface area contributed by atoms with Crippen LogP contribution in [0.15, 0.2) is 42.7 Å². The summed E-state index contributed by atoms with van der Waals surface area (Å²) in [5.74, 6) is 0. The lowest BCUT2D eigenvalue weighted by molar-refractivity contribution is 0.575. The lowest BCUT2D eigenvalue weighted by Crippen LogP contribution is -2.14. The van der Waals surface area contributed by atoms with Crippen LogP contribution in [0.1, 0.15) is 43.0 Å². The predicted octanol–water partition coefficient (Wildman–Crippen LogP) is 3.77. The first kappa shape index (κ1) is 13.9. The maximum absolute atomic E-state index is 3.35. The van der Waals surface area contributed by atoms with Crippen molar-refractivity contribution in [1.29, 1.82) is 0 Å². The van der Waals surface area contributed by atoms with Crippen LogP contribution in [0, 0.1) is 0 Å². The summed E-state index contributed by atoms with van der Waals surface area (Å²) in [6.45, 7) is 5.35. The minimum Gasteiger partial charge on any atom is -0.350 e. The molecule has 0 aliphatic heterocycles. The summed E-state index contributed by atoms with van der Waals surface area (Å²) >= 11 is 0. The quantitative estimate of drug-likeness (QED) is 0.832. The van der Waals surface area contributed by atoms with Gasteiger partial charge in [0, 0.05) is 25.0 Å². The Bertz CT molecular complexity index is 492. The lowest BCUT2D eigenvalue weighted by Gasteiger charge is -2.11. The van der Waals surface area contributed by atoms with Crippen LogP contribution in [-0.2, 0) is 13.0 Å². The Kier molecular flexibility index (Phi) is 4.80. The van der Waals surface area contributed by atoms with E-state index in [1.54, 1.807) is 0 Å². The second-order valence-corrected chi connectivity index (χ2v) is 5.04. The van der Waals surface area contributed by atoms with E-state index in [4.69, 9.17) is 0 Å². The van der Waals surface area contributed by atoms with E-state index in [0.29, 0.717) is 6.04 Å². The second-order valence-electron chi connectivity index (χ2n) is 5.04. The molecule has 0 aliphatic carbocycles. The molecule has 19 heavy (non-hydrogen) atoms. The van der Waals surface area contributed by atoms with Gasteiger partial charge in [-0.2, -0.15) is 0 Å². The zero-order valence-corrected chi connectivity index (χ0v) is 12.2. The van der Waals surface area contributed by atoms with E-state index < -0.39 is 0 Å². The van der Waals surface area contributed by atoms with Crippen LogP contribution < -0.4 is 5.32 Å². The highest BCUT2D eigenvalue weighted by Crippen LogP contribution is 2.17. The SMILES string of the molecule is CCc1ccc(Cn2ccc(C(CC)NC)c2)cc1. The van der Waals surface area contributed by atoms with Crippen molar-refractivity contribution in [2.45, 2.75) is 39.3 Å². The molecule has 1 aromatic carbocycles. The van der Waals surface area contributed by atoms with Gasteiger partial charge in [-0.3, -0.25) is 0 Å². The highest BCUT2D eigenvalue weighted by molar-refractivity contribution is 5.24. The standard InChI is InChI=1S/C17H24N2/c1-4-14-6-8-15(9-7-14)12-19-11-10-16(13-19)17(5-2)18-3/h6-11,13,17-18H,4-5,12H2,1-3H3. The molecule has 2 nitrogen and oxygen atoms in total. The molecule has 0 aliphatic rings. The van der Waals surface area contributed by atoms with Gasteiger partial charge in [0.1, 0.15) is 0 Å². The summed E-state index contributed by atoms with van der Waals surface area (Å²) in [5, 5.41) is 3.35. The summed E-state index contributed by atoms with van der Waals surface area (Å²) in [4.78, 5) is 0. The number of hydrogen-bond acceptors (Lipinski definition) is 1. The number of rotatable bonds is 6. The molecule has 102 valence electrons. The first-order valence-electron chi connectivity index (χ1n) is 7.17. The fraction of sp³-hybridized carbons (Fsp3) is 0.412. The van der Waals surface area contributed by atoms with Gasteiger partial charge in [-0.1, -0.05) is 38.1 Å². The number of hydrogen-bond donors (Lipinski definition) is 1. The molecule has 1 unspecified atom stereocenters. The number of aryl methyl sites for hydroxylation is 1. The molecule has 1 N–H and O–H groups in total. The van der Waals surface area contributed by atoms with Crippen molar-refractivity contribution in [3.05, 3.63) is 59.4 Å². The molecule has 2 aromatic rings. The van der Waals surface area contributed by atoms with Crippen LogP contribution in [0.5, 0.6) is 0 Å². The summed E-state index contributed by atoms with van der Waals surface area (Å²) in [5.41, 5.74) is 4.13. The van der Waals surface area contributed by atoms with Crippen LogP contribution >= 0.6 is 0 Å². The minimum atomic E-state index is 0.462. The molecule has 0 fully saturated rings. The smallest absolute Gasteiger partial charge is 0.0470 e. The highest BCUT2D eigenvalue weighted by Gasteiger charge is 2.07. The summed E-state index contributed by atoms with van der Waals surface area (Å²) < 4.78 is 2.26. The van der Waals surface area contributed by atoms with E-state index >= 15 is 0 Å². The highest BCUT2D eigenvalue weighted by atomic mass is 14.9. The molecule has 0 saturated heterocycles. The molecular formula is C17H24N2. The van der Waals surface area contributed by atoms with E-state index in [2.05, 4.69) is 66.5 Å². The van der Waals surface area contributed by atoms with Gasteiger partial charge in [-0.15, -0.1) is 0 Å². The van der Waals surface area contributed by atoms with Crippen molar-refractivity contribution < 1.29 is 0 Å². The van der Waals surface area contributed by atoms with Gasteiger partial charge in [0.2, 0.25) is 0 Å². The van der Waals surface area contributed by atoms with Gasteiger partial charge < -0.3 is 9.88 Å². The number of nitrogens with zero attached hydrogens (tertiary/aromatic N) is 1. The molecule has 1 aromatic heterocycles.